The Labute approximate surface area is 82.5 Å². The average Bonchev–Trinajstić information content (AvgIpc) is 2.27. The second-order valence-electron chi connectivity index (χ2n) is 3.38. The van der Waals surface area contributed by atoms with Gasteiger partial charge in [0.05, 0.1) is 6.04 Å². The molecule has 1 aromatic rings. The first-order valence-electron chi connectivity index (χ1n) is 4.63. The summed E-state index contributed by atoms with van der Waals surface area (Å²) >= 11 is 0. The predicted molar refractivity (Wildman–Crippen MR) is 54.8 cm³/mol. The average molecular weight is 191 g/mol. The first kappa shape index (κ1) is 9.18. The van der Waals surface area contributed by atoms with Gasteiger partial charge in [-0.25, -0.2) is 0 Å². The molecule has 1 aliphatic rings. The SMILES string of the molecule is NNc1ccc2c(c1)C(C=O)NCC2. The Balaban J connectivity index is 2.43. The summed E-state index contributed by atoms with van der Waals surface area (Å²) in [6.45, 7) is 0.853. The summed E-state index contributed by atoms with van der Waals surface area (Å²) in [5.74, 6) is 5.31. The Bertz CT molecular complexity index is 351. The standard InChI is InChI=1S/C10H13N3O/c11-13-8-2-1-7-3-4-12-10(6-14)9(7)5-8/h1-2,5-6,10,12-13H,3-4,11H2. The van der Waals surface area contributed by atoms with E-state index in [-0.39, 0.29) is 6.04 Å². The van der Waals surface area contributed by atoms with Crippen LogP contribution in [-0.2, 0) is 11.2 Å². The second-order valence-corrected chi connectivity index (χ2v) is 3.38. The van der Waals surface area contributed by atoms with Gasteiger partial charge in [-0.3, -0.25) is 5.84 Å². The number of rotatable bonds is 2. The van der Waals surface area contributed by atoms with Gasteiger partial charge in [-0.1, -0.05) is 6.07 Å². The fourth-order valence-electron chi connectivity index (χ4n) is 1.80. The lowest BCUT2D eigenvalue weighted by molar-refractivity contribution is -0.109. The lowest BCUT2D eigenvalue weighted by atomic mass is 9.94. The van der Waals surface area contributed by atoms with Gasteiger partial charge in [-0.05, 0) is 29.7 Å². The molecular weight excluding hydrogens is 178 g/mol. The Kier molecular flexibility index (Phi) is 2.47. The van der Waals surface area contributed by atoms with Crippen molar-refractivity contribution < 1.29 is 4.79 Å². The van der Waals surface area contributed by atoms with E-state index in [9.17, 15) is 4.79 Å². The first-order valence-corrected chi connectivity index (χ1v) is 4.63. The van der Waals surface area contributed by atoms with Crippen molar-refractivity contribution >= 4 is 12.0 Å². The third kappa shape index (κ3) is 1.49. The van der Waals surface area contributed by atoms with E-state index >= 15 is 0 Å². The Morgan fingerprint density at radius 1 is 1.57 bits per heavy atom. The fraction of sp³-hybridized carbons (Fsp3) is 0.300. The number of carbonyl (C=O) groups excluding carboxylic acids is 1. The highest BCUT2D eigenvalue weighted by Crippen LogP contribution is 2.24. The topological polar surface area (TPSA) is 67.1 Å². The van der Waals surface area contributed by atoms with Crippen LogP contribution in [-0.4, -0.2) is 12.8 Å². The molecule has 1 aromatic carbocycles. The molecule has 0 saturated heterocycles. The molecule has 0 fully saturated rings. The third-order valence-electron chi connectivity index (χ3n) is 2.54. The number of nitrogen functional groups attached to an aromatic ring is 1. The van der Waals surface area contributed by atoms with Gasteiger partial charge >= 0.3 is 0 Å². The fourth-order valence-corrected chi connectivity index (χ4v) is 1.80. The van der Waals surface area contributed by atoms with Crippen LogP contribution in [0.15, 0.2) is 18.2 Å². The number of hydrazine groups is 1. The van der Waals surface area contributed by atoms with Crippen molar-refractivity contribution in [1.29, 1.82) is 0 Å². The summed E-state index contributed by atoms with van der Waals surface area (Å²) in [6.07, 6.45) is 1.89. The van der Waals surface area contributed by atoms with Gasteiger partial charge in [0.25, 0.3) is 0 Å². The summed E-state index contributed by atoms with van der Waals surface area (Å²) in [4.78, 5) is 10.8. The first-order chi connectivity index (χ1) is 6.85. The number of fused-ring (bicyclic) bond motifs is 1. The molecule has 0 aliphatic carbocycles. The molecule has 1 heterocycles. The van der Waals surface area contributed by atoms with Gasteiger partial charge in [0.2, 0.25) is 0 Å². The molecule has 2 rings (SSSR count). The lowest BCUT2D eigenvalue weighted by Gasteiger charge is -2.23. The van der Waals surface area contributed by atoms with Gasteiger partial charge in [-0.15, -0.1) is 0 Å². The van der Waals surface area contributed by atoms with Gasteiger partial charge < -0.3 is 15.5 Å². The van der Waals surface area contributed by atoms with E-state index in [1.54, 1.807) is 0 Å². The zero-order valence-electron chi connectivity index (χ0n) is 7.79. The number of benzene rings is 1. The molecule has 0 bridgehead atoms. The van der Waals surface area contributed by atoms with Crippen LogP contribution < -0.4 is 16.6 Å². The minimum atomic E-state index is -0.188. The van der Waals surface area contributed by atoms with Crippen molar-refractivity contribution in [2.45, 2.75) is 12.5 Å². The van der Waals surface area contributed by atoms with Crippen molar-refractivity contribution in [2.75, 3.05) is 12.0 Å². The van der Waals surface area contributed by atoms with Gasteiger partial charge in [0.15, 0.2) is 0 Å². The normalized spacial score (nSPS) is 19.9. The number of carbonyl (C=O) groups is 1. The second kappa shape index (κ2) is 3.77. The molecule has 1 atom stereocenters. The maximum atomic E-state index is 10.8. The lowest BCUT2D eigenvalue weighted by Crippen LogP contribution is -2.30. The molecule has 4 nitrogen and oxygen atoms in total. The Morgan fingerprint density at radius 3 is 3.14 bits per heavy atom. The van der Waals surface area contributed by atoms with Crippen LogP contribution in [0, 0.1) is 0 Å². The maximum absolute atomic E-state index is 10.8. The molecule has 0 radical (unpaired) electrons. The monoisotopic (exact) mass is 191 g/mol. The number of aldehydes is 1. The molecular formula is C10H13N3O. The summed E-state index contributed by atoms with van der Waals surface area (Å²) in [5, 5.41) is 3.14. The number of anilines is 1. The number of nitrogens with two attached hydrogens (primary N) is 1. The largest absolute Gasteiger partial charge is 0.324 e. The van der Waals surface area contributed by atoms with Crippen molar-refractivity contribution in [2.24, 2.45) is 5.84 Å². The molecule has 4 heteroatoms. The molecule has 0 spiro atoms. The van der Waals surface area contributed by atoms with Crippen LogP contribution in [0.5, 0.6) is 0 Å². The van der Waals surface area contributed by atoms with E-state index in [2.05, 4.69) is 10.7 Å². The molecule has 4 N–H and O–H groups in total. The van der Waals surface area contributed by atoms with Gasteiger partial charge in [0, 0.05) is 12.2 Å². The van der Waals surface area contributed by atoms with Crippen molar-refractivity contribution in [3.8, 4) is 0 Å². The van der Waals surface area contributed by atoms with Crippen molar-refractivity contribution in [1.82, 2.24) is 5.32 Å². The predicted octanol–water partition coefficient (Wildman–Crippen LogP) is 0.358. The van der Waals surface area contributed by atoms with E-state index in [1.807, 2.05) is 18.2 Å². The number of hydrogen-bond acceptors (Lipinski definition) is 4. The third-order valence-corrected chi connectivity index (χ3v) is 2.54. The Morgan fingerprint density at radius 2 is 2.43 bits per heavy atom. The van der Waals surface area contributed by atoms with Crippen molar-refractivity contribution in [3.05, 3.63) is 29.3 Å². The van der Waals surface area contributed by atoms with E-state index < -0.39 is 0 Å². The molecule has 1 unspecified atom stereocenters. The summed E-state index contributed by atoms with van der Waals surface area (Å²) in [7, 11) is 0. The highest BCUT2D eigenvalue weighted by atomic mass is 16.1. The van der Waals surface area contributed by atoms with Crippen LogP contribution in [0.4, 0.5) is 5.69 Å². The van der Waals surface area contributed by atoms with E-state index in [4.69, 9.17) is 5.84 Å². The zero-order chi connectivity index (χ0) is 9.97. The highest BCUT2D eigenvalue weighted by molar-refractivity contribution is 5.65. The zero-order valence-corrected chi connectivity index (χ0v) is 7.79. The highest BCUT2D eigenvalue weighted by Gasteiger charge is 2.18. The Hall–Kier alpha value is -1.39. The van der Waals surface area contributed by atoms with E-state index in [0.29, 0.717) is 0 Å². The van der Waals surface area contributed by atoms with Crippen LogP contribution in [0.3, 0.4) is 0 Å². The summed E-state index contributed by atoms with van der Waals surface area (Å²) in [5.41, 5.74) is 5.66. The quantitative estimate of drug-likeness (QED) is 0.358. The molecule has 0 aromatic heterocycles. The van der Waals surface area contributed by atoms with Crippen LogP contribution in [0.1, 0.15) is 17.2 Å². The van der Waals surface area contributed by atoms with Gasteiger partial charge in [0.1, 0.15) is 6.29 Å². The van der Waals surface area contributed by atoms with E-state index in [1.165, 1.54) is 5.56 Å². The minimum absolute atomic E-state index is 0.188. The number of nitrogens with one attached hydrogen (secondary N) is 2. The van der Waals surface area contributed by atoms with Crippen LogP contribution >= 0.6 is 0 Å². The van der Waals surface area contributed by atoms with E-state index in [0.717, 1.165) is 30.5 Å². The number of hydrogen-bond donors (Lipinski definition) is 3. The van der Waals surface area contributed by atoms with Crippen molar-refractivity contribution in [3.63, 3.8) is 0 Å². The van der Waals surface area contributed by atoms with Crippen LogP contribution in [0.25, 0.3) is 0 Å². The molecule has 1 aliphatic heterocycles. The summed E-state index contributed by atoms with van der Waals surface area (Å²) in [6, 6.07) is 5.67. The minimum Gasteiger partial charge on any atom is -0.324 e. The molecule has 74 valence electrons. The smallest absolute Gasteiger partial charge is 0.141 e. The summed E-state index contributed by atoms with van der Waals surface area (Å²) < 4.78 is 0. The molecule has 14 heavy (non-hydrogen) atoms. The van der Waals surface area contributed by atoms with Crippen LogP contribution in [0.2, 0.25) is 0 Å². The maximum Gasteiger partial charge on any atom is 0.141 e. The molecule has 0 amide bonds. The van der Waals surface area contributed by atoms with Gasteiger partial charge in [-0.2, -0.15) is 0 Å². The molecule has 0 saturated carbocycles.